The van der Waals surface area contributed by atoms with Crippen LogP contribution in [0.2, 0.25) is 0 Å². The van der Waals surface area contributed by atoms with Crippen LogP contribution in [0.3, 0.4) is 0 Å². The van der Waals surface area contributed by atoms with Gasteiger partial charge in [-0.1, -0.05) is 0 Å². The summed E-state index contributed by atoms with van der Waals surface area (Å²) in [6.07, 6.45) is 1.28. The molecule has 1 saturated heterocycles. The zero-order valence-corrected chi connectivity index (χ0v) is 11.8. The van der Waals surface area contributed by atoms with E-state index in [1.165, 1.54) is 6.26 Å². The minimum Gasteiger partial charge on any atom is -0.389 e. The van der Waals surface area contributed by atoms with Gasteiger partial charge < -0.3 is 5.11 Å². The molecule has 102 valence electrons. The lowest BCUT2D eigenvalue weighted by atomic mass is 10.1. The summed E-state index contributed by atoms with van der Waals surface area (Å²) < 4.78 is 22.1. The molecule has 0 aromatic carbocycles. The lowest BCUT2D eigenvalue weighted by molar-refractivity contribution is 0.0186. The lowest BCUT2D eigenvalue weighted by Crippen LogP contribution is -2.51. The summed E-state index contributed by atoms with van der Waals surface area (Å²) >= 11 is 0. The van der Waals surface area contributed by atoms with Gasteiger partial charge in [-0.2, -0.15) is 0 Å². The third-order valence-electron chi connectivity index (χ3n) is 2.85. The van der Waals surface area contributed by atoms with E-state index in [-0.39, 0.29) is 5.75 Å². The van der Waals surface area contributed by atoms with Gasteiger partial charge in [0.2, 0.25) is 0 Å². The highest BCUT2D eigenvalue weighted by atomic mass is 32.2. The number of β-amino-alcohol motifs (C(OH)–C–C–N with tert-alkyl or cyclic N) is 1. The Morgan fingerprint density at radius 1 is 1.12 bits per heavy atom. The highest BCUT2D eigenvalue weighted by Gasteiger charge is 2.22. The van der Waals surface area contributed by atoms with E-state index >= 15 is 0 Å². The van der Waals surface area contributed by atoms with Crippen molar-refractivity contribution >= 4 is 9.84 Å². The lowest BCUT2D eigenvalue weighted by Gasteiger charge is -2.37. The first-order valence-electron chi connectivity index (χ1n) is 6.00. The maximum absolute atomic E-state index is 11.1. The third-order valence-corrected chi connectivity index (χ3v) is 3.78. The smallest absolute Gasteiger partial charge is 0.148 e. The minimum absolute atomic E-state index is 0.235. The summed E-state index contributed by atoms with van der Waals surface area (Å²) in [4.78, 5) is 4.39. The Labute approximate surface area is 104 Å². The Morgan fingerprint density at radius 3 is 2.00 bits per heavy atom. The highest BCUT2D eigenvalue weighted by Crippen LogP contribution is 2.08. The van der Waals surface area contributed by atoms with Gasteiger partial charge in [0.15, 0.2) is 0 Å². The Balaban J connectivity index is 2.27. The van der Waals surface area contributed by atoms with E-state index < -0.39 is 15.4 Å². The number of hydrogen-bond donors (Lipinski definition) is 1. The van der Waals surface area contributed by atoms with E-state index in [9.17, 15) is 13.5 Å². The van der Waals surface area contributed by atoms with Crippen molar-refractivity contribution in [1.82, 2.24) is 9.80 Å². The molecule has 0 amide bonds. The zero-order chi connectivity index (χ0) is 13.1. The fourth-order valence-corrected chi connectivity index (χ4v) is 2.60. The summed E-state index contributed by atoms with van der Waals surface area (Å²) in [5.41, 5.74) is -0.658. The van der Waals surface area contributed by atoms with Crippen LogP contribution in [0, 0.1) is 0 Å². The summed E-state index contributed by atoms with van der Waals surface area (Å²) in [7, 11) is -2.86. The molecular formula is C11H24N2O3S. The second kappa shape index (κ2) is 5.65. The van der Waals surface area contributed by atoms with Crippen molar-refractivity contribution in [2.24, 2.45) is 0 Å². The SMILES string of the molecule is CC(C)(O)CN1CCN(CCS(C)(=O)=O)CC1. The quantitative estimate of drug-likeness (QED) is 0.720. The topological polar surface area (TPSA) is 60.9 Å². The molecule has 0 atom stereocenters. The number of rotatable bonds is 5. The highest BCUT2D eigenvalue weighted by molar-refractivity contribution is 7.90. The molecule has 0 radical (unpaired) electrons. The van der Waals surface area contributed by atoms with Crippen LogP contribution in [0.5, 0.6) is 0 Å². The van der Waals surface area contributed by atoms with Gasteiger partial charge in [-0.3, -0.25) is 9.80 Å². The summed E-state index contributed by atoms with van der Waals surface area (Å²) in [5, 5.41) is 9.71. The average molecular weight is 264 g/mol. The van der Waals surface area contributed by atoms with E-state index in [0.29, 0.717) is 13.1 Å². The molecule has 1 rings (SSSR count). The molecule has 0 spiro atoms. The van der Waals surface area contributed by atoms with Crippen molar-refractivity contribution in [3.05, 3.63) is 0 Å². The van der Waals surface area contributed by atoms with E-state index in [4.69, 9.17) is 0 Å². The third kappa shape index (κ3) is 6.98. The van der Waals surface area contributed by atoms with E-state index in [0.717, 1.165) is 26.2 Å². The molecule has 5 nitrogen and oxygen atoms in total. The van der Waals surface area contributed by atoms with Gasteiger partial charge >= 0.3 is 0 Å². The number of sulfone groups is 1. The van der Waals surface area contributed by atoms with Crippen molar-refractivity contribution in [3.63, 3.8) is 0 Å². The Kier molecular flexibility index (Phi) is 4.95. The first kappa shape index (κ1) is 14.9. The molecule has 1 heterocycles. The molecule has 0 saturated carbocycles. The molecule has 17 heavy (non-hydrogen) atoms. The maximum atomic E-state index is 11.1. The van der Waals surface area contributed by atoms with E-state index in [1.807, 2.05) is 13.8 Å². The standard InChI is InChI=1S/C11H24N2O3S/c1-11(2,14)10-13-6-4-12(5-7-13)8-9-17(3,15)16/h14H,4-10H2,1-3H3. The van der Waals surface area contributed by atoms with Crippen molar-refractivity contribution in [2.45, 2.75) is 19.4 Å². The van der Waals surface area contributed by atoms with Crippen molar-refractivity contribution < 1.29 is 13.5 Å². The van der Waals surface area contributed by atoms with Crippen molar-refractivity contribution in [3.8, 4) is 0 Å². The molecule has 1 fully saturated rings. The van der Waals surface area contributed by atoms with Crippen molar-refractivity contribution in [1.29, 1.82) is 0 Å². The van der Waals surface area contributed by atoms with Crippen LogP contribution in [-0.2, 0) is 9.84 Å². The monoisotopic (exact) mass is 264 g/mol. The number of piperazine rings is 1. The van der Waals surface area contributed by atoms with Gasteiger partial charge in [-0.05, 0) is 13.8 Å². The fraction of sp³-hybridized carbons (Fsp3) is 1.00. The molecule has 0 aromatic rings. The van der Waals surface area contributed by atoms with Gasteiger partial charge in [0.1, 0.15) is 9.84 Å². The summed E-state index contributed by atoms with van der Waals surface area (Å²) in [5.74, 6) is 0.235. The zero-order valence-electron chi connectivity index (χ0n) is 11.0. The van der Waals surface area contributed by atoms with Gasteiger partial charge in [0.25, 0.3) is 0 Å². The molecule has 0 unspecified atom stereocenters. The van der Waals surface area contributed by atoms with Crippen LogP contribution in [0.15, 0.2) is 0 Å². The molecule has 6 heteroatoms. The second-order valence-corrected chi connectivity index (χ2v) is 7.82. The van der Waals surface area contributed by atoms with E-state index in [2.05, 4.69) is 9.80 Å². The van der Waals surface area contributed by atoms with Gasteiger partial charge in [0.05, 0.1) is 11.4 Å². The Hall–Kier alpha value is -0.170. The van der Waals surface area contributed by atoms with Crippen LogP contribution in [0.25, 0.3) is 0 Å². The molecule has 0 bridgehead atoms. The molecule has 0 aliphatic carbocycles. The predicted octanol–water partition coefficient (Wildman–Crippen LogP) is -0.580. The van der Waals surface area contributed by atoms with Crippen LogP contribution in [0.1, 0.15) is 13.8 Å². The number of nitrogens with zero attached hydrogens (tertiary/aromatic N) is 2. The maximum Gasteiger partial charge on any atom is 0.148 e. The molecule has 1 N–H and O–H groups in total. The van der Waals surface area contributed by atoms with E-state index in [1.54, 1.807) is 0 Å². The molecular weight excluding hydrogens is 240 g/mol. The molecule has 1 aliphatic rings. The first-order chi connectivity index (χ1) is 7.66. The predicted molar refractivity (Wildman–Crippen MR) is 68.9 cm³/mol. The largest absolute Gasteiger partial charge is 0.389 e. The average Bonchev–Trinajstić information content (AvgIpc) is 2.13. The minimum atomic E-state index is -2.86. The van der Waals surface area contributed by atoms with Crippen LogP contribution in [0.4, 0.5) is 0 Å². The summed E-state index contributed by atoms with van der Waals surface area (Å²) in [6.45, 7) is 8.47. The Bertz CT molecular complexity index is 327. The fourth-order valence-electron chi connectivity index (χ4n) is 2.01. The molecule has 0 aromatic heterocycles. The van der Waals surface area contributed by atoms with Gasteiger partial charge in [0, 0.05) is 45.5 Å². The van der Waals surface area contributed by atoms with Gasteiger partial charge in [-0.15, -0.1) is 0 Å². The van der Waals surface area contributed by atoms with Crippen molar-refractivity contribution in [2.75, 3.05) is 51.3 Å². The van der Waals surface area contributed by atoms with Crippen LogP contribution >= 0.6 is 0 Å². The molecule has 1 aliphatic heterocycles. The second-order valence-electron chi connectivity index (χ2n) is 5.56. The van der Waals surface area contributed by atoms with Gasteiger partial charge in [-0.25, -0.2) is 8.42 Å². The normalized spacial score (nSPS) is 20.7. The van der Waals surface area contributed by atoms with Crippen LogP contribution < -0.4 is 0 Å². The number of hydrogen-bond acceptors (Lipinski definition) is 5. The van der Waals surface area contributed by atoms with Crippen LogP contribution in [-0.4, -0.2) is 80.2 Å². The summed E-state index contributed by atoms with van der Waals surface area (Å²) in [6, 6.07) is 0. The first-order valence-corrected chi connectivity index (χ1v) is 8.07. The number of aliphatic hydroxyl groups is 1. The Morgan fingerprint density at radius 2 is 1.59 bits per heavy atom.